The fourth-order valence-electron chi connectivity index (χ4n) is 4.34. The molecule has 1 N–H and O–H groups in total. The van der Waals surface area contributed by atoms with Crippen LogP contribution in [0.5, 0.6) is 5.75 Å². The van der Waals surface area contributed by atoms with E-state index in [0.29, 0.717) is 5.75 Å². The molecule has 2 heterocycles. The summed E-state index contributed by atoms with van der Waals surface area (Å²) in [5.74, 6) is -2.09. The number of benzene rings is 2. The molecule has 6 nitrogen and oxygen atoms in total. The molecule has 0 spiro atoms. The summed E-state index contributed by atoms with van der Waals surface area (Å²) in [6.07, 6.45) is -7.72. The van der Waals surface area contributed by atoms with Gasteiger partial charge in [0.15, 0.2) is 0 Å². The Bertz CT molecular complexity index is 1220. The van der Waals surface area contributed by atoms with Crippen LogP contribution in [0.4, 0.5) is 26.3 Å². The zero-order valence-corrected chi connectivity index (χ0v) is 20.7. The Morgan fingerprint density at radius 2 is 1.61 bits per heavy atom. The van der Waals surface area contributed by atoms with Gasteiger partial charge in [0.1, 0.15) is 11.3 Å². The average molecular weight is 544 g/mol. The Morgan fingerprint density at radius 1 is 1.00 bits per heavy atom. The Morgan fingerprint density at radius 3 is 2.11 bits per heavy atom. The number of hydrogen-bond acceptors (Lipinski definition) is 5. The molecule has 0 radical (unpaired) electrons. The van der Waals surface area contributed by atoms with E-state index in [-0.39, 0.29) is 6.04 Å². The second-order valence-corrected chi connectivity index (χ2v) is 8.56. The Labute approximate surface area is 215 Å². The zero-order valence-electron chi connectivity index (χ0n) is 20.7. The maximum absolute atomic E-state index is 13.1. The number of halogens is 6. The predicted octanol–water partition coefficient (Wildman–Crippen LogP) is 5.62. The number of fused-ring (bicyclic) bond motifs is 1. The van der Waals surface area contributed by atoms with Crippen molar-refractivity contribution in [2.45, 2.75) is 25.3 Å². The van der Waals surface area contributed by atoms with Gasteiger partial charge in [-0.25, -0.2) is 4.79 Å². The Hall–Kier alpha value is -3.38. The first-order valence-electron chi connectivity index (χ1n) is 11.7. The summed E-state index contributed by atoms with van der Waals surface area (Å²) in [4.78, 5) is 18.1. The first-order valence-corrected chi connectivity index (χ1v) is 11.7. The van der Waals surface area contributed by atoms with E-state index >= 15 is 0 Å². The van der Waals surface area contributed by atoms with Crippen molar-refractivity contribution in [2.75, 3.05) is 39.8 Å². The number of carboxylic acids is 1. The van der Waals surface area contributed by atoms with Gasteiger partial charge in [-0.3, -0.25) is 9.88 Å². The monoisotopic (exact) mass is 543 g/mol. The highest BCUT2D eigenvalue weighted by Gasteiger charge is 2.38. The summed E-state index contributed by atoms with van der Waals surface area (Å²) in [6, 6.07) is 13.1. The standard InChI is InChI=1S/C24H26F3N3O.C2HF3O2/c1-3-29-13-15-30(16-14-29)22(18-6-9-19(10-7-18)24(25,26)27)20-11-8-17-5-4-12-28-21(17)23(20)31-2;3-2(4,5)1(6)7/h4-12,22H,3,13-16H2,1-2H3;(H,6,7). The summed E-state index contributed by atoms with van der Waals surface area (Å²) < 4.78 is 76.9. The molecular formula is C26H27F6N3O3. The highest BCUT2D eigenvalue weighted by atomic mass is 19.4. The number of aromatic nitrogens is 1. The van der Waals surface area contributed by atoms with Crippen LogP contribution >= 0.6 is 0 Å². The lowest BCUT2D eigenvalue weighted by Gasteiger charge is -2.40. The molecule has 1 fully saturated rings. The molecule has 206 valence electrons. The molecule has 12 heteroatoms. The maximum Gasteiger partial charge on any atom is 0.490 e. The second kappa shape index (κ2) is 12.0. The summed E-state index contributed by atoms with van der Waals surface area (Å²) in [6.45, 7) is 6.61. The van der Waals surface area contributed by atoms with Gasteiger partial charge in [-0.05, 0) is 30.3 Å². The fraction of sp³-hybridized carbons (Fsp3) is 0.385. The normalized spacial score (nSPS) is 16.0. The van der Waals surface area contributed by atoms with Crippen LogP contribution in [0.3, 0.4) is 0 Å². The molecule has 1 aromatic heterocycles. The number of aliphatic carboxylic acids is 1. The van der Waals surface area contributed by atoms with Crippen molar-refractivity contribution >= 4 is 16.9 Å². The molecule has 0 amide bonds. The van der Waals surface area contributed by atoms with Crippen molar-refractivity contribution in [3.8, 4) is 5.75 Å². The highest BCUT2D eigenvalue weighted by molar-refractivity contribution is 5.86. The molecule has 0 bridgehead atoms. The fourth-order valence-corrected chi connectivity index (χ4v) is 4.34. The quantitative estimate of drug-likeness (QED) is 0.422. The first kappa shape index (κ1) is 29.2. The molecule has 1 aliphatic rings. The Kier molecular flexibility index (Phi) is 9.21. The van der Waals surface area contributed by atoms with Crippen LogP contribution in [0, 0.1) is 0 Å². The third-order valence-electron chi connectivity index (χ3n) is 6.27. The van der Waals surface area contributed by atoms with E-state index in [1.54, 1.807) is 25.4 Å². The number of carbonyl (C=O) groups is 1. The number of carboxylic acid groups (broad SMARTS) is 1. The second-order valence-electron chi connectivity index (χ2n) is 8.56. The lowest BCUT2D eigenvalue weighted by Crippen LogP contribution is -2.47. The van der Waals surface area contributed by atoms with Gasteiger partial charge in [0, 0.05) is 43.3 Å². The van der Waals surface area contributed by atoms with Crippen LogP contribution in [0.2, 0.25) is 0 Å². The molecule has 2 aromatic carbocycles. The lowest BCUT2D eigenvalue weighted by molar-refractivity contribution is -0.192. The zero-order chi connectivity index (χ0) is 28.1. The molecular weight excluding hydrogens is 516 g/mol. The molecule has 4 rings (SSSR count). The van der Waals surface area contributed by atoms with Crippen molar-refractivity contribution in [2.24, 2.45) is 0 Å². The molecule has 1 unspecified atom stereocenters. The smallest absolute Gasteiger partial charge is 0.490 e. The van der Waals surface area contributed by atoms with Crippen LogP contribution in [-0.2, 0) is 11.0 Å². The minimum Gasteiger partial charge on any atom is -0.494 e. The van der Waals surface area contributed by atoms with Crippen molar-refractivity contribution in [1.29, 1.82) is 0 Å². The lowest BCUT2D eigenvalue weighted by atomic mass is 9.93. The summed E-state index contributed by atoms with van der Waals surface area (Å²) in [5, 5.41) is 8.09. The molecule has 1 aliphatic heterocycles. The van der Waals surface area contributed by atoms with Crippen LogP contribution in [0.25, 0.3) is 10.9 Å². The van der Waals surface area contributed by atoms with Crippen LogP contribution < -0.4 is 4.74 Å². The van der Waals surface area contributed by atoms with Gasteiger partial charge >= 0.3 is 18.3 Å². The van der Waals surface area contributed by atoms with Gasteiger partial charge in [0.2, 0.25) is 0 Å². The van der Waals surface area contributed by atoms with Gasteiger partial charge in [-0.2, -0.15) is 26.3 Å². The number of pyridine rings is 1. The Balaban J connectivity index is 0.000000505. The number of hydrogen-bond donors (Lipinski definition) is 1. The van der Waals surface area contributed by atoms with Crippen LogP contribution in [0.1, 0.15) is 29.7 Å². The van der Waals surface area contributed by atoms with E-state index < -0.39 is 23.9 Å². The number of alkyl halides is 6. The SMILES string of the molecule is CCN1CCN(C(c2ccc(C(F)(F)F)cc2)c2ccc3cccnc3c2OC)CC1.O=C(O)C(F)(F)F. The topological polar surface area (TPSA) is 65.9 Å². The predicted molar refractivity (Wildman–Crippen MR) is 129 cm³/mol. The van der Waals surface area contributed by atoms with Crippen molar-refractivity contribution in [3.05, 3.63) is 71.4 Å². The van der Waals surface area contributed by atoms with Crippen LogP contribution in [0.15, 0.2) is 54.7 Å². The third kappa shape index (κ3) is 6.93. The number of nitrogens with zero attached hydrogens (tertiary/aromatic N) is 3. The molecule has 0 saturated carbocycles. The number of rotatable bonds is 5. The van der Waals surface area contributed by atoms with E-state index in [2.05, 4.69) is 21.7 Å². The van der Waals surface area contributed by atoms with Crippen molar-refractivity contribution in [3.63, 3.8) is 0 Å². The van der Waals surface area contributed by atoms with E-state index in [0.717, 1.165) is 66.9 Å². The number of piperazine rings is 1. The molecule has 38 heavy (non-hydrogen) atoms. The summed E-state index contributed by atoms with van der Waals surface area (Å²) in [5.41, 5.74) is 1.84. The van der Waals surface area contributed by atoms with Gasteiger partial charge in [0.25, 0.3) is 0 Å². The van der Waals surface area contributed by atoms with Gasteiger partial charge in [-0.15, -0.1) is 0 Å². The minimum atomic E-state index is -5.08. The number of ether oxygens (including phenoxy) is 1. The van der Waals surface area contributed by atoms with Gasteiger partial charge in [0.05, 0.1) is 18.7 Å². The van der Waals surface area contributed by atoms with Crippen LogP contribution in [-0.4, -0.2) is 71.9 Å². The van der Waals surface area contributed by atoms with E-state index in [1.807, 2.05) is 24.3 Å². The molecule has 1 saturated heterocycles. The van der Waals surface area contributed by atoms with E-state index in [9.17, 15) is 26.3 Å². The van der Waals surface area contributed by atoms with Gasteiger partial charge in [-0.1, -0.05) is 37.3 Å². The average Bonchev–Trinajstić information content (AvgIpc) is 2.88. The van der Waals surface area contributed by atoms with Crippen molar-refractivity contribution in [1.82, 2.24) is 14.8 Å². The molecule has 3 aromatic rings. The van der Waals surface area contributed by atoms with E-state index in [4.69, 9.17) is 14.6 Å². The van der Waals surface area contributed by atoms with Gasteiger partial charge < -0.3 is 14.7 Å². The van der Waals surface area contributed by atoms with Crippen molar-refractivity contribution < 1.29 is 41.0 Å². The highest BCUT2D eigenvalue weighted by Crippen LogP contribution is 2.40. The first-order chi connectivity index (χ1) is 17.9. The third-order valence-corrected chi connectivity index (χ3v) is 6.27. The minimum absolute atomic E-state index is 0.220. The number of likely N-dealkylation sites (N-methyl/N-ethyl adjacent to an activating group) is 1. The maximum atomic E-state index is 13.1. The molecule has 1 atom stereocenters. The number of methoxy groups -OCH3 is 1. The summed E-state index contributed by atoms with van der Waals surface area (Å²) >= 11 is 0. The summed E-state index contributed by atoms with van der Waals surface area (Å²) in [7, 11) is 1.62. The largest absolute Gasteiger partial charge is 0.494 e. The molecule has 0 aliphatic carbocycles. The van der Waals surface area contributed by atoms with E-state index in [1.165, 1.54) is 0 Å².